The lowest BCUT2D eigenvalue weighted by molar-refractivity contribution is 0.594. The molecule has 0 aliphatic heterocycles. The highest BCUT2D eigenvalue weighted by Crippen LogP contribution is 2.20. The van der Waals surface area contributed by atoms with Crippen molar-refractivity contribution in [3.8, 4) is 0 Å². The molecule has 2 heterocycles. The van der Waals surface area contributed by atoms with Crippen molar-refractivity contribution in [3.05, 3.63) is 35.4 Å². The van der Waals surface area contributed by atoms with Gasteiger partial charge in [-0.1, -0.05) is 6.92 Å². The predicted molar refractivity (Wildman–Crippen MR) is 71.2 cm³/mol. The minimum absolute atomic E-state index is 0.155. The Hall–Kier alpha value is -1.62. The first-order valence-electron chi connectivity index (χ1n) is 6.54. The van der Waals surface area contributed by atoms with Gasteiger partial charge >= 0.3 is 0 Å². The first-order chi connectivity index (χ1) is 8.69. The molecule has 2 rings (SSSR count). The summed E-state index contributed by atoms with van der Waals surface area (Å²) >= 11 is 0. The van der Waals surface area contributed by atoms with Crippen molar-refractivity contribution in [1.82, 2.24) is 19.6 Å². The van der Waals surface area contributed by atoms with Gasteiger partial charge in [0, 0.05) is 24.8 Å². The van der Waals surface area contributed by atoms with Crippen molar-refractivity contribution in [2.24, 2.45) is 5.73 Å². The molecular formula is C13H21N5. The Morgan fingerprint density at radius 3 is 2.61 bits per heavy atom. The molecular weight excluding hydrogens is 226 g/mol. The lowest BCUT2D eigenvalue weighted by Gasteiger charge is -2.11. The second-order valence-electron chi connectivity index (χ2n) is 4.34. The third-order valence-electron chi connectivity index (χ3n) is 3.18. The molecule has 0 radical (unpaired) electrons. The minimum Gasteiger partial charge on any atom is -0.319 e. The zero-order chi connectivity index (χ0) is 13.1. The van der Waals surface area contributed by atoms with Gasteiger partial charge in [0.15, 0.2) is 0 Å². The van der Waals surface area contributed by atoms with Crippen molar-refractivity contribution in [2.45, 2.75) is 46.3 Å². The van der Waals surface area contributed by atoms with Crippen molar-refractivity contribution >= 4 is 0 Å². The lowest BCUT2D eigenvalue weighted by Crippen LogP contribution is -2.16. The van der Waals surface area contributed by atoms with E-state index >= 15 is 0 Å². The fourth-order valence-electron chi connectivity index (χ4n) is 2.05. The predicted octanol–water partition coefficient (Wildman–Crippen LogP) is 1.73. The molecule has 0 aromatic carbocycles. The summed E-state index contributed by atoms with van der Waals surface area (Å²) in [4.78, 5) is 0. The van der Waals surface area contributed by atoms with Gasteiger partial charge in [0.25, 0.3) is 0 Å². The highest BCUT2D eigenvalue weighted by molar-refractivity contribution is 5.25. The first-order valence-corrected chi connectivity index (χ1v) is 6.54. The Balaban J connectivity index is 2.32. The first kappa shape index (κ1) is 12.8. The van der Waals surface area contributed by atoms with Gasteiger partial charge in [0.05, 0.1) is 23.6 Å². The molecule has 1 unspecified atom stereocenters. The molecule has 1 atom stereocenters. The van der Waals surface area contributed by atoms with Gasteiger partial charge in [-0.15, -0.1) is 0 Å². The number of nitrogens with zero attached hydrogens (tertiary/aromatic N) is 4. The molecule has 5 heteroatoms. The van der Waals surface area contributed by atoms with E-state index in [-0.39, 0.29) is 6.04 Å². The summed E-state index contributed by atoms with van der Waals surface area (Å²) in [7, 11) is 0. The number of hydrogen-bond donors (Lipinski definition) is 1. The number of hydrogen-bond acceptors (Lipinski definition) is 3. The van der Waals surface area contributed by atoms with Gasteiger partial charge in [-0.3, -0.25) is 9.36 Å². The van der Waals surface area contributed by atoms with Crippen LogP contribution >= 0.6 is 0 Å². The smallest absolute Gasteiger partial charge is 0.0754 e. The lowest BCUT2D eigenvalue weighted by atomic mass is 10.1. The Kier molecular flexibility index (Phi) is 3.81. The van der Waals surface area contributed by atoms with Crippen LogP contribution in [0, 0.1) is 0 Å². The molecule has 0 saturated heterocycles. The second kappa shape index (κ2) is 5.35. The van der Waals surface area contributed by atoms with Crippen LogP contribution in [-0.2, 0) is 19.5 Å². The molecule has 0 aliphatic rings. The summed E-state index contributed by atoms with van der Waals surface area (Å²) in [6.45, 7) is 7.95. The number of nitrogens with two attached hydrogens (primary N) is 1. The summed E-state index contributed by atoms with van der Waals surface area (Å²) in [5.74, 6) is 0. The van der Waals surface area contributed by atoms with E-state index in [1.807, 2.05) is 21.8 Å². The zero-order valence-corrected chi connectivity index (χ0v) is 11.3. The maximum atomic E-state index is 6.31. The van der Waals surface area contributed by atoms with E-state index in [2.05, 4.69) is 37.0 Å². The third-order valence-corrected chi connectivity index (χ3v) is 3.18. The molecule has 2 aromatic heterocycles. The second-order valence-corrected chi connectivity index (χ2v) is 4.34. The van der Waals surface area contributed by atoms with Crippen molar-refractivity contribution in [1.29, 1.82) is 0 Å². The van der Waals surface area contributed by atoms with E-state index in [0.717, 1.165) is 36.5 Å². The molecule has 2 aromatic rings. The summed E-state index contributed by atoms with van der Waals surface area (Å²) in [6, 6.07) is 1.94. The van der Waals surface area contributed by atoms with Gasteiger partial charge in [-0.2, -0.15) is 10.2 Å². The van der Waals surface area contributed by atoms with Gasteiger partial charge in [-0.05, 0) is 26.3 Å². The molecule has 98 valence electrons. The summed E-state index contributed by atoms with van der Waals surface area (Å²) < 4.78 is 3.87. The molecule has 0 spiro atoms. The Labute approximate surface area is 108 Å². The van der Waals surface area contributed by atoms with Crippen LogP contribution < -0.4 is 5.73 Å². The fourth-order valence-corrected chi connectivity index (χ4v) is 2.05. The molecule has 0 fully saturated rings. The summed E-state index contributed by atoms with van der Waals surface area (Å²) in [5, 5.41) is 8.80. The quantitative estimate of drug-likeness (QED) is 0.875. The molecule has 0 amide bonds. The SMILES string of the molecule is CCc1cc(C(N)c2cnn(CC)c2)n(CC)n1. The largest absolute Gasteiger partial charge is 0.319 e. The van der Waals surface area contributed by atoms with E-state index in [9.17, 15) is 0 Å². The van der Waals surface area contributed by atoms with Gasteiger partial charge in [-0.25, -0.2) is 0 Å². The van der Waals surface area contributed by atoms with E-state index < -0.39 is 0 Å². The fraction of sp³-hybridized carbons (Fsp3) is 0.538. The van der Waals surface area contributed by atoms with Crippen molar-refractivity contribution < 1.29 is 0 Å². The Morgan fingerprint density at radius 2 is 2.06 bits per heavy atom. The van der Waals surface area contributed by atoms with Crippen molar-refractivity contribution in [3.63, 3.8) is 0 Å². The average molecular weight is 247 g/mol. The van der Waals surface area contributed by atoms with E-state index in [0.29, 0.717) is 0 Å². The minimum atomic E-state index is -0.155. The van der Waals surface area contributed by atoms with Gasteiger partial charge < -0.3 is 5.73 Å². The van der Waals surface area contributed by atoms with Crippen LogP contribution in [0.3, 0.4) is 0 Å². The van der Waals surface area contributed by atoms with Crippen LogP contribution in [0.1, 0.15) is 43.8 Å². The van der Waals surface area contributed by atoms with Crippen molar-refractivity contribution in [2.75, 3.05) is 0 Å². The highest BCUT2D eigenvalue weighted by Gasteiger charge is 2.16. The van der Waals surface area contributed by atoms with E-state index in [1.165, 1.54) is 0 Å². The number of rotatable bonds is 5. The van der Waals surface area contributed by atoms with Crippen LogP contribution in [0.5, 0.6) is 0 Å². The third kappa shape index (κ3) is 2.31. The van der Waals surface area contributed by atoms with Crippen LogP contribution in [0.15, 0.2) is 18.5 Å². The average Bonchev–Trinajstić information content (AvgIpc) is 3.03. The Bertz CT molecular complexity index is 511. The van der Waals surface area contributed by atoms with Crippen LogP contribution in [0.2, 0.25) is 0 Å². The van der Waals surface area contributed by atoms with Crippen LogP contribution in [0.4, 0.5) is 0 Å². The molecule has 2 N–H and O–H groups in total. The van der Waals surface area contributed by atoms with E-state index in [1.54, 1.807) is 0 Å². The molecule has 0 aliphatic carbocycles. The van der Waals surface area contributed by atoms with Gasteiger partial charge in [0.2, 0.25) is 0 Å². The molecule has 18 heavy (non-hydrogen) atoms. The Morgan fingerprint density at radius 1 is 1.28 bits per heavy atom. The maximum Gasteiger partial charge on any atom is 0.0754 e. The van der Waals surface area contributed by atoms with Crippen LogP contribution in [-0.4, -0.2) is 19.6 Å². The monoisotopic (exact) mass is 247 g/mol. The summed E-state index contributed by atoms with van der Waals surface area (Å²) in [6.07, 6.45) is 4.77. The van der Waals surface area contributed by atoms with E-state index in [4.69, 9.17) is 5.73 Å². The number of aryl methyl sites for hydroxylation is 3. The summed E-state index contributed by atoms with van der Waals surface area (Å²) in [5.41, 5.74) is 9.50. The standard InChI is InChI=1S/C13H21N5/c1-4-11-7-12(18(6-3)16-11)13(14)10-8-15-17(5-2)9-10/h7-9,13H,4-6,14H2,1-3H3. The van der Waals surface area contributed by atoms with Crippen LogP contribution in [0.25, 0.3) is 0 Å². The maximum absolute atomic E-state index is 6.31. The normalized spacial score (nSPS) is 12.9. The topological polar surface area (TPSA) is 61.7 Å². The molecule has 0 bridgehead atoms. The highest BCUT2D eigenvalue weighted by atomic mass is 15.3. The van der Waals surface area contributed by atoms with Gasteiger partial charge in [0.1, 0.15) is 0 Å². The number of aromatic nitrogens is 4. The molecule has 0 saturated carbocycles. The zero-order valence-electron chi connectivity index (χ0n) is 11.3. The molecule has 5 nitrogen and oxygen atoms in total.